The number of nitrogens with zero attached hydrogens (tertiary/aromatic N) is 6. The van der Waals surface area contributed by atoms with E-state index in [1.807, 2.05) is 12.1 Å². The van der Waals surface area contributed by atoms with Gasteiger partial charge in [0.05, 0.1) is 18.1 Å². The number of hydrogen-bond donors (Lipinski definition) is 3. The first-order valence-electron chi connectivity index (χ1n) is 10.8. The number of carbonyl (C=O) groups is 1. The van der Waals surface area contributed by atoms with Crippen molar-refractivity contribution < 1.29 is 9.18 Å². The summed E-state index contributed by atoms with van der Waals surface area (Å²) < 4.78 is 14.1. The van der Waals surface area contributed by atoms with Crippen molar-refractivity contribution in [2.45, 2.75) is 38.1 Å². The summed E-state index contributed by atoms with van der Waals surface area (Å²) in [6, 6.07) is 3.71. The van der Waals surface area contributed by atoms with Crippen LogP contribution in [-0.4, -0.2) is 49.5 Å². The normalized spacial score (nSPS) is 15.3. The van der Waals surface area contributed by atoms with Gasteiger partial charge in [0.25, 0.3) is 5.91 Å². The number of pyridine rings is 1. The van der Waals surface area contributed by atoms with Crippen LogP contribution in [0.2, 0.25) is 0 Å². The Morgan fingerprint density at radius 3 is 2.76 bits per heavy atom. The van der Waals surface area contributed by atoms with E-state index in [4.69, 9.17) is 11.5 Å². The molecule has 172 valence electrons. The van der Waals surface area contributed by atoms with Crippen molar-refractivity contribution in [2.75, 3.05) is 29.0 Å². The van der Waals surface area contributed by atoms with E-state index in [0.717, 1.165) is 50.7 Å². The molecule has 1 aliphatic rings. The molecule has 0 spiro atoms. The third kappa shape index (κ3) is 4.87. The molecule has 0 aliphatic carbocycles. The molecule has 5 N–H and O–H groups in total. The molecule has 0 saturated carbocycles. The number of carbonyl (C=O) groups excluding carboxylic acids is 1. The molecule has 4 rings (SSSR count). The fourth-order valence-corrected chi connectivity index (χ4v) is 4.04. The fraction of sp³-hybridized carbons (Fsp3) is 0.364. The first-order chi connectivity index (χ1) is 15.9. The summed E-state index contributed by atoms with van der Waals surface area (Å²) >= 11 is 0. The van der Waals surface area contributed by atoms with Gasteiger partial charge in [-0.25, -0.2) is 29.3 Å². The Bertz CT molecular complexity index is 1150. The molecule has 0 unspecified atom stereocenters. The maximum atomic E-state index is 14.1. The monoisotopic (exact) mass is 451 g/mol. The van der Waals surface area contributed by atoms with E-state index in [-0.39, 0.29) is 28.4 Å². The number of anilines is 3. The molecule has 0 bridgehead atoms. The lowest BCUT2D eigenvalue weighted by Crippen LogP contribution is -2.50. The van der Waals surface area contributed by atoms with Crippen molar-refractivity contribution in [1.29, 1.82) is 0 Å². The van der Waals surface area contributed by atoms with Crippen molar-refractivity contribution in [3.05, 3.63) is 48.6 Å². The van der Waals surface area contributed by atoms with Crippen molar-refractivity contribution in [3.8, 4) is 11.4 Å². The van der Waals surface area contributed by atoms with Crippen molar-refractivity contribution in [1.82, 2.24) is 24.9 Å². The van der Waals surface area contributed by atoms with Crippen LogP contribution in [0.4, 0.5) is 21.7 Å². The van der Waals surface area contributed by atoms with E-state index in [2.05, 4.69) is 42.1 Å². The number of nitrogens with one attached hydrogen (secondary N) is 1. The molecule has 3 aromatic rings. The highest BCUT2D eigenvalue weighted by Crippen LogP contribution is 2.31. The average molecular weight is 452 g/mol. The molecule has 1 fully saturated rings. The van der Waals surface area contributed by atoms with Gasteiger partial charge in [-0.2, -0.15) is 0 Å². The number of hydrogen-bond acceptors (Lipinski definition) is 9. The van der Waals surface area contributed by atoms with E-state index < -0.39 is 11.7 Å². The molecule has 1 aliphatic heterocycles. The first-order valence-corrected chi connectivity index (χ1v) is 10.8. The van der Waals surface area contributed by atoms with E-state index >= 15 is 0 Å². The van der Waals surface area contributed by atoms with Crippen LogP contribution in [0.1, 0.15) is 43.1 Å². The van der Waals surface area contributed by atoms with Gasteiger partial charge in [-0.15, -0.1) is 0 Å². The van der Waals surface area contributed by atoms with E-state index in [9.17, 15) is 9.18 Å². The Hall–Kier alpha value is -3.73. The summed E-state index contributed by atoms with van der Waals surface area (Å²) in [5.74, 6) is -0.998. The summed E-state index contributed by atoms with van der Waals surface area (Å²) in [6.07, 6.45) is 8.79. The SMILES string of the molecule is CCCC1(N)CCN(c2cccnc2NC(=O)c2nc(-c3ncncc3F)cnc2N)CC1. The Morgan fingerprint density at radius 2 is 2.03 bits per heavy atom. The molecule has 11 heteroatoms. The molecular formula is C22H26FN9O. The zero-order chi connectivity index (χ0) is 23.4. The van der Waals surface area contributed by atoms with E-state index in [1.54, 1.807) is 6.20 Å². The fourth-order valence-electron chi connectivity index (χ4n) is 4.04. The highest BCUT2D eigenvalue weighted by molar-refractivity contribution is 6.06. The minimum atomic E-state index is -0.681. The van der Waals surface area contributed by atoms with Gasteiger partial charge < -0.3 is 21.7 Å². The molecule has 1 saturated heterocycles. The minimum absolute atomic E-state index is 0.0711. The topological polar surface area (TPSA) is 149 Å². The van der Waals surface area contributed by atoms with E-state index in [1.165, 1.54) is 12.5 Å². The molecular weight excluding hydrogens is 425 g/mol. The minimum Gasteiger partial charge on any atom is -0.382 e. The molecule has 4 heterocycles. The number of aromatic nitrogens is 5. The van der Waals surface area contributed by atoms with E-state index in [0.29, 0.717) is 5.82 Å². The Kier molecular flexibility index (Phi) is 6.40. The van der Waals surface area contributed by atoms with Gasteiger partial charge in [-0.1, -0.05) is 13.3 Å². The smallest absolute Gasteiger partial charge is 0.279 e. The first kappa shape index (κ1) is 22.5. The number of rotatable bonds is 6. The molecule has 0 aromatic carbocycles. The van der Waals surface area contributed by atoms with Gasteiger partial charge in [0.2, 0.25) is 0 Å². The average Bonchev–Trinajstić information content (AvgIpc) is 2.81. The standard InChI is InChI=1S/C22H26FN9O/c1-2-5-22(25)6-9-32(10-7-22)16-4-3-8-27-20(16)31-21(33)18-19(24)28-12-15(30-18)17-14(23)11-26-13-29-17/h3-4,8,11-13H,2,5-7,9-10,25H2,1H3,(H2,24,28)(H,27,31,33). The van der Waals surface area contributed by atoms with Crippen molar-refractivity contribution in [2.24, 2.45) is 5.73 Å². The number of halogens is 1. The van der Waals surface area contributed by atoms with Gasteiger partial charge in [0.15, 0.2) is 23.1 Å². The van der Waals surface area contributed by atoms with Crippen molar-refractivity contribution in [3.63, 3.8) is 0 Å². The summed E-state index contributed by atoms with van der Waals surface area (Å²) in [4.78, 5) is 35.2. The third-order valence-electron chi connectivity index (χ3n) is 5.79. The second kappa shape index (κ2) is 9.41. The van der Waals surface area contributed by atoms with Gasteiger partial charge in [-0.3, -0.25) is 4.79 Å². The predicted molar refractivity (Wildman–Crippen MR) is 123 cm³/mol. The molecule has 0 radical (unpaired) electrons. The second-order valence-corrected chi connectivity index (χ2v) is 8.13. The van der Waals surface area contributed by atoms with Crippen LogP contribution in [0.5, 0.6) is 0 Å². The van der Waals surface area contributed by atoms with Crippen LogP contribution in [0.3, 0.4) is 0 Å². The summed E-state index contributed by atoms with van der Waals surface area (Å²) in [5, 5.41) is 2.77. The lowest BCUT2D eigenvalue weighted by Gasteiger charge is -2.40. The molecule has 1 amide bonds. The number of nitrogen functional groups attached to an aromatic ring is 1. The maximum absolute atomic E-state index is 14.1. The third-order valence-corrected chi connectivity index (χ3v) is 5.79. The summed E-state index contributed by atoms with van der Waals surface area (Å²) in [6.45, 7) is 3.66. The van der Waals surface area contributed by atoms with Crippen LogP contribution < -0.4 is 21.7 Å². The Balaban J connectivity index is 1.56. The molecule has 10 nitrogen and oxygen atoms in total. The Labute approximate surface area is 190 Å². The Morgan fingerprint density at radius 1 is 1.24 bits per heavy atom. The van der Waals surface area contributed by atoms with Crippen LogP contribution in [0.25, 0.3) is 11.4 Å². The number of nitrogens with two attached hydrogens (primary N) is 2. The van der Waals surface area contributed by atoms with Crippen LogP contribution in [0, 0.1) is 5.82 Å². The van der Waals surface area contributed by atoms with Crippen LogP contribution >= 0.6 is 0 Å². The van der Waals surface area contributed by atoms with Crippen LogP contribution in [0.15, 0.2) is 37.1 Å². The highest BCUT2D eigenvalue weighted by atomic mass is 19.1. The molecule has 33 heavy (non-hydrogen) atoms. The van der Waals surface area contributed by atoms with Gasteiger partial charge >= 0.3 is 0 Å². The van der Waals surface area contributed by atoms with Gasteiger partial charge in [-0.05, 0) is 31.4 Å². The largest absolute Gasteiger partial charge is 0.382 e. The van der Waals surface area contributed by atoms with Crippen LogP contribution in [-0.2, 0) is 0 Å². The molecule has 3 aromatic heterocycles. The zero-order valence-corrected chi connectivity index (χ0v) is 18.3. The number of amides is 1. The lowest BCUT2D eigenvalue weighted by molar-refractivity contribution is 0.102. The quantitative estimate of drug-likeness (QED) is 0.513. The second-order valence-electron chi connectivity index (χ2n) is 8.13. The highest BCUT2D eigenvalue weighted by Gasteiger charge is 2.31. The lowest BCUT2D eigenvalue weighted by atomic mass is 9.84. The molecule has 0 atom stereocenters. The zero-order valence-electron chi connectivity index (χ0n) is 18.3. The van der Waals surface area contributed by atoms with Gasteiger partial charge in [0.1, 0.15) is 17.7 Å². The number of piperidine rings is 1. The predicted octanol–water partition coefficient (Wildman–Crippen LogP) is 2.40. The van der Waals surface area contributed by atoms with Gasteiger partial charge in [0, 0.05) is 24.8 Å². The summed E-state index contributed by atoms with van der Waals surface area (Å²) in [7, 11) is 0. The summed E-state index contributed by atoms with van der Waals surface area (Å²) in [5.41, 5.74) is 12.9. The maximum Gasteiger partial charge on any atom is 0.279 e. The van der Waals surface area contributed by atoms with Crippen molar-refractivity contribution >= 4 is 23.2 Å².